The molecule has 0 spiro atoms. The van der Waals surface area contributed by atoms with E-state index >= 15 is 0 Å². The SMILES string of the molecule is CC[C@H](N)C(=O)Nc1ccc(Br)c([N+](=O)[O-])c1. The van der Waals surface area contributed by atoms with Gasteiger partial charge in [0.05, 0.1) is 15.4 Å². The molecular weight excluding hydrogens is 290 g/mol. The van der Waals surface area contributed by atoms with Gasteiger partial charge in [-0.1, -0.05) is 6.92 Å². The average molecular weight is 302 g/mol. The number of hydrogen-bond acceptors (Lipinski definition) is 4. The molecule has 17 heavy (non-hydrogen) atoms. The Morgan fingerprint density at radius 2 is 2.29 bits per heavy atom. The van der Waals surface area contributed by atoms with Gasteiger partial charge in [-0.3, -0.25) is 14.9 Å². The first-order chi connectivity index (χ1) is 7.95. The number of carbonyl (C=O) groups is 1. The van der Waals surface area contributed by atoms with Crippen LogP contribution in [0.4, 0.5) is 11.4 Å². The highest BCUT2D eigenvalue weighted by atomic mass is 79.9. The Kier molecular flexibility index (Phi) is 4.59. The summed E-state index contributed by atoms with van der Waals surface area (Å²) in [6.07, 6.45) is 0.504. The van der Waals surface area contributed by atoms with E-state index < -0.39 is 11.0 Å². The first kappa shape index (κ1) is 13.6. The summed E-state index contributed by atoms with van der Waals surface area (Å²) < 4.78 is 0.361. The second-order valence-corrected chi connectivity index (χ2v) is 4.28. The summed E-state index contributed by atoms with van der Waals surface area (Å²) in [6.45, 7) is 1.79. The number of nitro benzene ring substituents is 1. The van der Waals surface area contributed by atoms with Crippen LogP contribution < -0.4 is 11.1 Å². The van der Waals surface area contributed by atoms with Gasteiger partial charge in [0.2, 0.25) is 5.91 Å². The molecule has 0 heterocycles. The Morgan fingerprint density at radius 1 is 1.65 bits per heavy atom. The predicted molar refractivity (Wildman–Crippen MR) is 67.7 cm³/mol. The number of nitrogens with two attached hydrogens (primary N) is 1. The van der Waals surface area contributed by atoms with E-state index in [1.54, 1.807) is 13.0 Å². The predicted octanol–water partition coefficient (Wildman–Crippen LogP) is 2.03. The second-order valence-electron chi connectivity index (χ2n) is 3.43. The largest absolute Gasteiger partial charge is 0.324 e. The van der Waals surface area contributed by atoms with Crippen LogP contribution in [0, 0.1) is 10.1 Å². The molecule has 6 nitrogen and oxygen atoms in total. The topological polar surface area (TPSA) is 98.3 Å². The van der Waals surface area contributed by atoms with Crippen LogP contribution in [0.15, 0.2) is 22.7 Å². The maximum Gasteiger partial charge on any atom is 0.285 e. The van der Waals surface area contributed by atoms with E-state index in [1.165, 1.54) is 12.1 Å². The number of carbonyl (C=O) groups excluding carboxylic acids is 1. The fraction of sp³-hybridized carbons (Fsp3) is 0.300. The minimum Gasteiger partial charge on any atom is -0.324 e. The van der Waals surface area contributed by atoms with E-state index in [0.717, 1.165) is 0 Å². The highest BCUT2D eigenvalue weighted by molar-refractivity contribution is 9.10. The maximum atomic E-state index is 11.5. The standard InChI is InChI=1S/C10H12BrN3O3/c1-2-8(12)10(15)13-6-3-4-7(11)9(5-6)14(16)17/h3-5,8H,2,12H2,1H3,(H,13,15)/t8-/m0/s1. The third-order valence-corrected chi connectivity index (χ3v) is 2.86. The Hall–Kier alpha value is -1.47. The fourth-order valence-corrected chi connectivity index (χ4v) is 1.54. The zero-order valence-electron chi connectivity index (χ0n) is 9.14. The molecule has 0 radical (unpaired) electrons. The maximum absolute atomic E-state index is 11.5. The van der Waals surface area contributed by atoms with Gasteiger partial charge in [0.15, 0.2) is 0 Å². The van der Waals surface area contributed by atoms with Crippen LogP contribution in [0.1, 0.15) is 13.3 Å². The van der Waals surface area contributed by atoms with Crippen molar-refractivity contribution in [3.8, 4) is 0 Å². The number of nitrogens with zero attached hydrogens (tertiary/aromatic N) is 1. The second kappa shape index (κ2) is 5.74. The van der Waals surface area contributed by atoms with E-state index in [2.05, 4.69) is 21.2 Å². The molecule has 3 N–H and O–H groups in total. The molecular formula is C10H12BrN3O3. The summed E-state index contributed by atoms with van der Waals surface area (Å²) in [4.78, 5) is 21.7. The van der Waals surface area contributed by atoms with Gasteiger partial charge in [-0.2, -0.15) is 0 Å². The minimum atomic E-state index is -0.613. The van der Waals surface area contributed by atoms with Crippen molar-refractivity contribution < 1.29 is 9.72 Å². The zero-order valence-corrected chi connectivity index (χ0v) is 10.7. The number of nitro groups is 1. The van der Waals surface area contributed by atoms with Crippen LogP contribution in [-0.4, -0.2) is 16.9 Å². The molecule has 1 amide bonds. The smallest absolute Gasteiger partial charge is 0.285 e. The van der Waals surface area contributed by atoms with Crippen LogP contribution in [0.3, 0.4) is 0 Å². The molecule has 0 saturated heterocycles. The van der Waals surface area contributed by atoms with Crippen molar-refractivity contribution in [2.75, 3.05) is 5.32 Å². The molecule has 1 aromatic carbocycles. The molecule has 0 fully saturated rings. The number of halogens is 1. The summed E-state index contributed by atoms with van der Waals surface area (Å²) in [5.74, 6) is -0.357. The number of nitrogens with one attached hydrogen (secondary N) is 1. The monoisotopic (exact) mass is 301 g/mol. The number of amides is 1. The van der Waals surface area contributed by atoms with E-state index in [-0.39, 0.29) is 11.6 Å². The molecule has 1 aromatic rings. The third-order valence-electron chi connectivity index (χ3n) is 2.19. The minimum absolute atomic E-state index is 0.104. The van der Waals surface area contributed by atoms with Gasteiger partial charge < -0.3 is 11.1 Å². The molecule has 7 heteroatoms. The van der Waals surface area contributed by atoms with Crippen molar-refractivity contribution >= 4 is 33.2 Å². The lowest BCUT2D eigenvalue weighted by Crippen LogP contribution is -2.34. The molecule has 0 bridgehead atoms. The van der Waals surface area contributed by atoms with E-state index in [1.807, 2.05) is 0 Å². The van der Waals surface area contributed by atoms with Gasteiger partial charge in [-0.15, -0.1) is 0 Å². The lowest BCUT2D eigenvalue weighted by atomic mass is 10.2. The van der Waals surface area contributed by atoms with Crippen molar-refractivity contribution in [2.45, 2.75) is 19.4 Å². The highest BCUT2D eigenvalue weighted by Gasteiger charge is 2.15. The molecule has 0 unspecified atom stereocenters. The van der Waals surface area contributed by atoms with Gasteiger partial charge in [0.25, 0.3) is 5.69 Å². The molecule has 0 aromatic heterocycles. The van der Waals surface area contributed by atoms with Gasteiger partial charge in [-0.25, -0.2) is 0 Å². The van der Waals surface area contributed by atoms with Crippen LogP contribution in [-0.2, 0) is 4.79 Å². The van der Waals surface area contributed by atoms with E-state index in [9.17, 15) is 14.9 Å². The van der Waals surface area contributed by atoms with Gasteiger partial charge >= 0.3 is 0 Å². The van der Waals surface area contributed by atoms with Gasteiger partial charge in [0.1, 0.15) is 0 Å². The Labute approximate surface area is 106 Å². The summed E-state index contributed by atoms with van der Waals surface area (Å²) >= 11 is 3.06. The Morgan fingerprint density at radius 3 is 2.82 bits per heavy atom. The van der Waals surface area contributed by atoms with Crippen molar-refractivity contribution in [1.82, 2.24) is 0 Å². The summed E-state index contributed by atoms with van der Waals surface area (Å²) in [6, 6.07) is 3.74. The normalized spacial score (nSPS) is 11.9. The van der Waals surface area contributed by atoms with Crippen LogP contribution >= 0.6 is 15.9 Å². The summed E-state index contributed by atoms with van der Waals surface area (Å²) in [7, 11) is 0. The zero-order chi connectivity index (χ0) is 13.0. The lowest BCUT2D eigenvalue weighted by molar-refractivity contribution is -0.385. The highest BCUT2D eigenvalue weighted by Crippen LogP contribution is 2.27. The van der Waals surface area contributed by atoms with E-state index in [0.29, 0.717) is 16.6 Å². The fourth-order valence-electron chi connectivity index (χ4n) is 1.15. The van der Waals surface area contributed by atoms with Crippen LogP contribution in [0.5, 0.6) is 0 Å². The van der Waals surface area contributed by atoms with E-state index in [4.69, 9.17) is 5.73 Å². The average Bonchev–Trinajstić information content (AvgIpc) is 2.30. The van der Waals surface area contributed by atoms with Gasteiger partial charge in [0, 0.05) is 11.8 Å². The van der Waals surface area contributed by atoms with Crippen LogP contribution in [0.2, 0.25) is 0 Å². The van der Waals surface area contributed by atoms with Crippen molar-refractivity contribution in [2.24, 2.45) is 5.73 Å². The Bertz CT molecular complexity index is 450. The number of benzene rings is 1. The number of rotatable bonds is 4. The third kappa shape index (κ3) is 3.50. The van der Waals surface area contributed by atoms with Crippen molar-refractivity contribution in [1.29, 1.82) is 0 Å². The number of anilines is 1. The molecule has 1 rings (SSSR count). The quantitative estimate of drug-likeness (QED) is 0.656. The van der Waals surface area contributed by atoms with Gasteiger partial charge in [-0.05, 0) is 34.5 Å². The molecule has 0 aliphatic heterocycles. The Balaban J connectivity index is 2.90. The van der Waals surface area contributed by atoms with Crippen molar-refractivity contribution in [3.05, 3.63) is 32.8 Å². The first-order valence-electron chi connectivity index (χ1n) is 4.96. The number of hydrogen-bond donors (Lipinski definition) is 2. The summed E-state index contributed by atoms with van der Waals surface area (Å²) in [5, 5.41) is 13.2. The molecule has 0 aliphatic carbocycles. The molecule has 0 saturated carbocycles. The first-order valence-corrected chi connectivity index (χ1v) is 5.75. The summed E-state index contributed by atoms with van der Waals surface area (Å²) in [5.41, 5.74) is 5.79. The van der Waals surface area contributed by atoms with Crippen LogP contribution in [0.25, 0.3) is 0 Å². The lowest BCUT2D eigenvalue weighted by Gasteiger charge is -2.09. The van der Waals surface area contributed by atoms with Crippen molar-refractivity contribution in [3.63, 3.8) is 0 Å². The molecule has 1 atom stereocenters. The molecule has 92 valence electrons. The molecule has 0 aliphatic rings.